The van der Waals surface area contributed by atoms with E-state index in [1.54, 1.807) is 12.1 Å². The SMILES string of the molecule is Fc1ccc2c(c1)SCC2C1CCNCC1. The van der Waals surface area contributed by atoms with Crippen LogP contribution in [0.1, 0.15) is 24.3 Å². The van der Waals surface area contributed by atoms with Gasteiger partial charge in [0.05, 0.1) is 0 Å². The molecule has 0 aliphatic carbocycles. The van der Waals surface area contributed by atoms with Crippen molar-refractivity contribution in [2.45, 2.75) is 23.7 Å². The Morgan fingerprint density at radius 2 is 2.06 bits per heavy atom. The molecule has 1 aromatic rings. The van der Waals surface area contributed by atoms with Crippen LogP contribution in [0.25, 0.3) is 0 Å². The highest BCUT2D eigenvalue weighted by Gasteiger charge is 2.31. The molecule has 1 atom stereocenters. The van der Waals surface area contributed by atoms with Gasteiger partial charge in [0.1, 0.15) is 5.82 Å². The average Bonchev–Trinajstić information content (AvgIpc) is 2.73. The monoisotopic (exact) mass is 237 g/mol. The molecule has 16 heavy (non-hydrogen) atoms. The van der Waals surface area contributed by atoms with Crippen LogP contribution >= 0.6 is 11.8 Å². The van der Waals surface area contributed by atoms with E-state index >= 15 is 0 Å². The molecule has 2 aliphatic heterocycles. The molecule has 3 heteroatoms. The number of hydrogen-bond acceptors (Lipinski definition) is 2. The lowest BCUT2D eigenvalue weighted by Crippen LogP contribution is -2.30. The van der Waals surface area contributed by atoms with Crippen LogP contribution in [0.3, 0.4) is 0 Å². The van der Waals surface area contributed by atoms with E-state index in [1.807, 2.05) is 17.8 Å². The first-order valence-corrected chi connectivity index (χ1v) is 6.96. The molecular formula is C13H16FNS. The number of piperidine rings is 1. The highest BCUT2D eigenvalue weighted by Crippen LogP contribution is 2.45. The summed E-state index contributed by atoms with van der Waals surface area (Å²) >= 11 is 1.82. The van der Waals surface area contributed by atoms with Gasteiger partial charge in [0, 0.05) is 10.6 Å². The van der Waals surface area contributed by atoms with Crippen LogP contribution in [0.2, 0.25) is 0 Å². The average molecular weight is 237 g/mol. The maximum Gasteiger partial charge on any atom is 0.124 e. The van der Waals surface area contributed by atoms with Crippen molar-refractivity contribution in [3.05, 3.63) is 29.6 Å². The molecule has 1 fully saturated rings. The molecule has 0 bridgehead atoms. The number of rotatable bonds is 1. The summed E-state index contributed by atoms with van der Waals surface area (Å²) in [6.45, 7) is 2.28. The quantitative estimate of drug-likeness (QED) is 0.806. The number of fused-ring (bicyclic) bond motifs is 1. The fourth-order valence-corrected chi connectivity index (χ4v) is 4.24. The standard InChI is InChI=1S/C13H16FNS/c14-10-1-2-11-12(8-16-13(11)7-10)9-3-5-15-6-4-9/h1-2,7,9,12,15H,3-6,8H2. The molecule has 0 spiro atoms. The highest BCUT2D eigenvalue weighted by molar-refractivity contribution is 7.99. The van der Waals surface area contributed by atoms with Gasteiger partial charge in [-0.2, -0.15) is 0 Å². The fraction of sp³-hybridized carbons (Fsp3) is 0.538. The molecule has 0 radical (unpaired) electrons. The van der Waals surface area contributed by atoms with Gasteiger partial charge in [-0.25, -0.2) is 4.39 Å². The predicted molar refractivity (Wildman–Crippen MR) is 65.5 cm³/mol. The van der Waals surface area contributed by atoms with Crippen molar-refractivity contribution in [2.24, 2.45) is 5.92 Å². The summed E-state index contributed by atoms with van der Waals surface area (Å²) in [7, 11) is 0. The molecular weight excluding hydrogens is 221 g/mol. The number of benzene rings is 1. The maximum atomic E-state index is 13.1. The van der Waals surface area contributed by atoms with Crippen LogP contribution in [0.5, 0.6) is 0 Å². The second kappa shape index (κ2) is 4.38. The van der Waals surface area contributed by atoms with Gasteiger partial charge < -0.3 is 5.32 Å². The largest absolute Gasteiger partial charge is 0.317 e. The van der Waals surface area contributed by atoms with Crippen LogP contribution in [0, 0.1) is 11.7 Å². The Hall–Kier alpha value is -0.540. The Kier molecular flexibility index (Phi) is 2.90. The van der Waals surface area contributed by atoms with Gasteiger partial charge in [0.2, 0.25) is 0 Å². The molecule has 0 aromatic heterocycles. The van der Waals surface area contributed by atoms with E-state index in [2.05, 4.69) is 5.32 Å². The van der Waals surface area contributed by atoms with Gasteiger partial charge in [-0.3, -0.25) is 0 Å². The molecule has 3 rings (SSSR count). The third kappa shape index (κ3) is 1.87. The Morgan fingerprint density at radius 1 is 1.25 bits per heavy atom. The van der Waals surface area contributed by atoms with Gasteiger partial charge in [-0.15, -0.1) is 11.8 Å². The van der Waals surface area contributed by atoms with E-state index in [-0.39, 0.29) is 5.82 Å². The highest BCUT2D eigenvalue weighted by atomic mass is 32.2. The van der Waals surface area contributed by atoms with Crippen molar-refractivity contribution in [3.8, 4) is 0 Å². The summed E-state index contributed by atoms with van der Waals surface area (Å²) in [5.41, 5.74) is 1.39. The molecule has 1 aromatic carbocycles. The van der Waals surface area contributed by atoms with Gasteiger partial charge in [-0.05, 0) is 55.5 Å². The Morgan fingerprint density at radius 3 is 2.88 bits per heavy atom. The van der Waals surface area contributed by atoms with Crippen molar-refractivity contribution in [3.63, 3.8) is 0 Å². The van der Waals surface area contributed by atoms with Crippen LogP contribution in [0.15, 0.2) is 23.1 Å². The van der Waals surface area contributed by atoms with E-state index in [0.29, 0.717) is 5.92 Å². The van der Waals surface area contributed by atoms with Crippen molar-refractivity contribution >= 4 is 11.8 Å². The molecule has 2 aliphatic rings. The third-order valence-electron chi connectivity index (χ3n) is 3.75. The van der Waals surface area contributed by atoms with E-state index < -0.39 is 0 Å². The van der Waals surface area contributed by atoms with Crippen LogP contribution in [0.4, 0.5) is 4.39 Å². The zero-order chi connectivity index (χ0) is 11.0. The second-order valence-electron chi connectivity index (χ2n) is 4.69. The molecule has 0 saturated carbocycles. The normalized spacial score (nSPS) is 25.7. The first kappa shape index (κ1) is 10.6. The molecule has 1 unspecified atom stereocenters. The lowest BCUT2D eigenvalue weighted by atomic mass is 9.82. The van der Waals surface area contributed by atoms with Crippen molar-refractivity contribution in [1.82, 2.24) is 5.32 Å². The lowest BCUT2D eigenvalue weighted by Gasteiger charge is -2.28. The summed E-state index contributed by atoms with van der Waals surface area (Å²) in [6, 6.07) is 5.30. The van der Waals surface area contributed by atoms with Crippen molar-refractivity contribution in [2.75, 3.05) is 18.8 Å². The Bertz CT molecular complexity index is 388. The van der Waals surface area contributed by atoms with Gasteiger partial charge in [-0.1, -0.05) is 6.07 Å². The van der Waals surface area contributed by atoms with Gasteiger partial charge >= 0.3 is 0 Å². The first-order valence-electron chi connectivity index (χ1n) is 5.97. The van der Waals surface area contributed by atoms with Crippen molar-refractivity contribution < 1.29 is 4.39 Å². The summed E-state index contributed by atoms with van der Waals surface area (Å²) in [5, 5.41) is 3.40. The molecule has 1 N–H and O–H groups in total. The lowest BCUT2D eigenvalue weighted by molar-refractivity contribution is 0.333. The van der Waals surface area contributed by atoms with Crippen LogP contribution < -0.4 is 5.32 Å². The summed E-state index contributed by atoms with van der Waals surface area (Å²) in [5.74, 6) is 2.49. The van der Waals surface area contributed by atoms with E-state index in [9.17, 15) is 4.39 Å². The predicted octanol–water partition coefficient (Wildman–Crippen LogP) is 3.01. The molecule has 1 nitrogen and oxygen atoms in total. The summed E-state index contributed by atoms with van der Waals surface area (Å²) in [4.78, 5) is 1.17. The summed E-state index contributed by atoms with van der Waals surface area (Å²) in [6.07, 6.45) is 2.53. The van der Waals surface area contributed by atoms with Crippen molar-refractivity contribution in [1.29, 1.82) is 0 Å². The minimum absolute atomic E-state index is 0.0998. The van der Waals surface area contributed by atoms with E-state index in [0.717, 1.165) is 24.8 Å². The zero-order valence-corrected chi connectivity index (χ0v) is 10.0. The Balaban J connectivity index is 1.84. The van der Waals surface area contributed by atoms with Crippen LogP contribution in [-0.2, 0) is 0 Å². The smallest absolute Gasteiger partial charge is 0.124 e. The van der Waals surface area contributed by atoms with E-state index in [1.165, 1.54) is 23.3 Å². The minimum atomic E-state index is -0.0998. The minimum Gasteiger partial charge on any atom is -0.317 e. The number of halogens is 1. The molecule has 0 amide bonds. The van der Waals surface area contributed by atoms with E-state index in [4.69, 9.17) is 0 Å². The zero-order valence-electron chi connectivity index (χ0n) is 9.21. The maximum absolute atomic E-state index is 13.1. The second-order valence-corrected chi connectivity index (χ2v) is 5.75. The molecule has 2 heterocycles. The first-order chi connectivity index (χ1) is 7.84. The topological polar surface area (TPSA) is 12.0 Å². The third-order valence-corrected chi connectivity index (χ3v) is 4.94. The number of thioether (sulfide) groups is 1. The number of nitrogens with one attached hydrogen (secondary N) is 1. The Labute approximate surface area is 99.8 Å². The van der Waals surface area contributed by atoms with Gasteiger partial charge in [0.25, 0.3) is 0 Å². The van der Waals surface area contributed by atoms with Gasteiger partial charge in [0.15, 0.2) is 0 Å². The fourth-order valence-electron chi connectivity index (χ4n) is 2.85. The molecule has 1 saturated heterocycles. The molecule has 86 valence electrons. The van der Waals surface area contributed by atoms with Crippen LogP contribution in [-0.4, -0.2) is 18.8 Å². The number of hydrogen-bond donors (Lipinski definition) is 1. The summed E-state index contributed by atoms with van der Waals surface area (Å²) < 4.78 is 13.1.